The largest absolute Gasteiger partial charge is 0.297 e. The van der Waals surface area contributed by atoms with Crippen LogP contribution in [0.15, 0.2) is 0 Å². The zero-order valence-electron chi connectivity index (χ0n) is 10.3. The summed E-state index contributed by atoms with van der Waals surface area (Å²) in [5, 5.41) is 12.9. The van der Waals surface area contributed by atoms with E-state index in [2.05, 4.69) is 32.2 Å². The molecule has 1 saturated carbocycles. The van der Waals surface area contributed by atoms with Crippen molar-refractivity contribution in [3.63, 3.8) is 0 Å². The Balaban J connectivity index is 2.63. The highest BCUT2D eigenvalue weighted by molar-refractivity contribution is 5.08. The third-order valence-corrected chi connectivity index (χ3v) is 3.71. The number of nitrogens with zero attached hydrogens (tertiary/aromatic N) is 1. The van der Waals surface area contributed by atoms with Crippen LogP contribution in [-0.4, -0.2) is 11.6 Å². The van der Waals surface area contributed by atoms with Crippen molar-refractivity contribution in [2.24, 2.45) is 5.92 Å². The van der Waals surface area contributed by atoms with Crippen LogP contribution in [0.4, 0.5) is 0 Å². The van der Waals surface area contributed by atoms with Gasteiger partial charge in [-0.15, -0.1) is 0 Å². The second-order valence-electron chi connectivity index (χ2n) is 5.18. The van der Waals surface area contributed by atoms with Gasteiger partial charge in [0, 0.05) is 6.04 Å². The Morgan fingerprint density at radius 2 is 2.20 bits per heavy atom. The first-order chi connectivity index (χ1) is 7.12. The minimum atomic E-state index is -0.236. The molecule has 0 amide bonds. The maximum atomic E-state index is 9.38. The lowest BCUT2D eigenvalue weighted by atomic mass is 9.90. The van der Waals surface area contributed by atoms with Gasteiger partial charge in [-0.3, -0.25) is 5.32 Å². The van der Waals surface area contributed by atoms with E-state index < -0.39 is 0 Å². The third-order valence-electron chi connectivity index (χ3n) is 3.71. The number of nitrogens with one attached hydrogen (secondary N) is 1. The summed E-state index contributed by atoms with van der Waals surface area (Å²) in [5.74, 6) is 0.791. The summed E-state index contributed by atoms with van der Waals surface area (Å²) >= 11 is 0. The molecule has 2 nitrogen and oxygen atoms in total. The molecule has 0 aliphatic heterocycles. The Kier molecular flexibility index (Phi) is 4.60. The van der Waals surface area contributed by atoms with E-state index in [-0.39, 0.29) is 5.54 Å². The summed E-state index contributed by atoms with van der Waals surface area (Å²) in [6, 6.07) is 2.99. The van der Waals surface area contributed by atoms with Crippen molar-refractivity contribution < 1.29 is 0 Å². The van der Waals surface area contributed by atoms with E-state index in [1.54, 1.807) is 0 Å². The lowest BCUT2D eigenvalue weighted by Crippen LogP contribution is -2.48. The zero-order chi connectivity index (χ0) is 11.3. The van der Waals surface area contributed by atoms with Crippen LogP contribution in [0, 0.1) is 17.2 Å². The van der Waals surface area contributed by atoms with E-state index in [1.807, 2.05) is 0 Å². The zero-order valence-corrected chi connectivity index (χ0v) is 10.3. The molecule has 0 heterocycles. The Labute approximate surface area is 94.1 Å². The molecule has 0 spiro atoms. The molecule has 15 heavy (non-hydrogen) atoms. The Morgan fingerprint density at radius 1 is 1.47 bits per heavy atom. The van der Waals surface area contributed by atoms with Gasteiger partial charge in [0.2, 0.25) is 0 Å². The molecular formula is C13H24N2. The molecule has 0 aromatic carbocycles. The standard InChI is InChI=1S/C13H24N2/c1-4-12(3)15-13(10-14)8-5-6-11(2)7-9-13/h11-12,15H,4-9H2,1-3H3. The predicted molar refractivity (Wildman–Crippen MR) is 63.5 cm³/mol. The molecule has 2 heteroatoms. The molecule has 0 bridgehead atoms. The van der Waals surface area contributed by atoms with Gasteiger partial charge in [-0.2, -0.15) is 5.26 Å². The third kappa shape index (κ3) is 3.50. The van der Waals surface area contributed by atoms with Crippen LogP contribution in [0.5, 0.6) is 0 Å². The summed E-state index contributed by atoms with van der Waals surface area (Å²) in [6.07, 6.45) is 6.81. The lowest BCUT2D eigenvalue weighted by Gasteiger charge is -2.30. The fraction of sp³-hybridized carbons (Fsp3) is 0.923. The van der Waals surface area contributed by atoms with E-state index in [0.29, 0.717) is 6.04 Å². The van der Waals surface area contributed by atoms with Crippen molar-refractivity contribution in [1.29, 1.82) is 5.26 Å². The molecule has 0 aromatic rings. The molecule has 3 unspecified atom stereocenters. The minimum Gasteiger partial charge on any atom is -0.297 e. The van der Waals surface area contributed by atoms with Gasteiger partial charge in [-0.25, -0.2) is 0 Å². The Morgan fingerprint density at radius 3 is 2.80 bits per heavy atom. The van der Waals surface area contributed by atoms with Gasteiger partial charge in [-0.05, 0) is 38.5 Å². The maximum absolute atomic E-state index is 9.38. The van der Waals surface area contributed by atoms with E-state index in [4.69, 9.17) is 0 Å². The maximum Gasteiger partial charge on any atom is 0.106 e. The van der Waals surface area contributed by atoms with Gasteiger partial charge in [0.1, 0.15) is 5.54 Å². The average Bonchev–Trinajstić information content (AvgIpc) is 2.42. The van der Waals surface area contributed by atoms with Crippen LogP contribution in [0.3, 0.4) is 0 Å². The summed E-state index contributed by atoms with van der Waals surface area (Å²) in [6.45, 7) is 6.65. The van der Waals surface area contributed by atoms with Crippen molar-refractivity contribution >= 4 is 0 Å². The van der Waals surface area contributed by atoms with Gasteiger partial charge in [0.15, 0.2) is 0 Å². The van der Waals surface area contributed by atoms with Gasteiger partial charge < -0.3 is 0 Å². The molecule has 1 aliphatic carbocycles. The van der Waals surface area contributed by atoms with Gasteiger partial charge >= 0.3 is 0 Å². The Bertz CT molecular complexity index is 231. The number of rotatable bonds is 3. The highest BCUT2D eigenvalue weighted by Gasteiger charge is 2.32. The first-order valence-electron chi connectivity index (χ1n) is 6.31. The Hall–Kier alpha value is -0.550. The molecule has 1 fully saturated rings. The number of hydrogen-bond acceptors (Lipinski definition) is 2. The molecule has 0 saturated heterocycles. The quantitative estimate of drug-likeness (QED) is 0.723. The van der Waals surface area contributed by atoms with Crippen molar-refractivity contribution in [3.05, 3.63) is 0 Å². The van der Waals surface area contributed by atoms with Crippen molar-refractivity contribution in [2.45, 2.75) is 70.9 Å². The van der Waals surface area contributed by atoms with Crippen molar-refractivity contribution in [3.8, 4) is 6.07 Å². The first-order valence-corrected chi connectivity index (χ1v) is 6.31. The van der Waals surface area contributed by atoms with Crippen LogP contribution in [-0.2, 0) is 0 Å². The first kappa shape index (κ1) is 12.5. The molecule has 3 atom stereocenters. The number of hydrogen-bond donors (Lipinski definition) is 1. The summed E-state index contributed by atoms with van der Waals surface area (Å²) in [5.41, 5.74) is -0.236. The van der Waals surface area contributed by atoms with E-state index in [9.17, 15) is 5.26 Å². The van der Waals surface area contributed by atoms with E-state index >= 15 is 0 Å². The van der Waals surface area contributed by atoms with E-state index in [0.717, 1.165) is 25.2 Å². The van der Waals surface area contributed by atoms with Crippen LogP contribution in [0.1, 0.15) is 59.3 Å². The SMILES string of the molecule is CCC(C)NC1(C#N)CCCC(C)CC1. The van der Waals surface area contributed by atoms with Crippen LogP contribution < -0.4 is 5.32 Å². The average molecular weight is 208 g/mol. The molecule has 0 aromatic heterocycles. The molecule has 0 radical (unpaired) electrons. The lowest BCUT2D eigenvalue weighted by molar-refractivity contribution is 0.320. The second kappa shape index (κ2) is 5.51. The molecule has 1 aliphatic rings. The van der Waals surface area contributed by atoms with Crippen LogP contribution in [0.25, 0.3) is 0 Å². The topological polar surface area (TPSA) is 35.8 Å². The van der Waals surface area contributed by atoms with Crippen molar-refractivity contribution in [1.82, 2.24) is 5.32 Å². The monoisotopic (exact) mass is 208 g/mol. The second-order valence-corrected chi connectivity index (χ2v) is 5.18. The smallest absolute Gasteiger partial charge is 0.106 e. The fourth-order valence-corrected chi connectivity index (χ4v) is 2.38. The minimum absolute atomic E-state index is 0.236. The van der Waals surface area contributed by atoms with Gasteiger partial charge in [-0.1, -0.05) is 26.7 Å². The molecule has 1 N–H and O–H groups in total. The summed E-state index contributed by atoms with van der Waals surface area (Å²) in [7, 11) is 0. The fourth-order valence-electron chi connectivity index (χ4n) is 2.38. The van der Waals surface area contributed by atoms with Gasteiger partial charge in [0.25, 0.3) is 0 Å². The molecular weight excluding hydrogens is 184 g/mol. The van der Waals surface area contributed by atoms with Crippen LogP contribution in [0.2, 0.25) is 0 Å². The van der Waals surface area contributed by atoms with E-state index in [1.165, 1.54) is 19.3 Å². The molecule has 1 rings (SSSR count). The molecule has 86 valence electrons. The summed E-state index contributed by atoms with van der Waals surface area (Å²) in [4.78, 5) is 0. The summed E-state index contributed by atoms with van der Waals surface area (Å²) < 4.78 is 0. The predicted octanol–water partition coefficient (Wildman–Crippen LogP) is 3.24. The normalized spacial score (nSPS) is 34.1. The highest BCUT2D eigenvalue weighted by Crippen LogP contribution is 2.30. The highest BCUT2D eigenvalue weighted by atomic mass is 15.0. The van der Waals surface area contributed by atoms with Crippen molar-refractivity contribution in [2.75, 3.05) is 0 Å². The number of nitriles is 1. The van der Waals surface area contributed by atoms with Gasteiger partial charge in [0.05, 0.1) is 6.07 Å². The van der Waals surface area contributed by atoms with Crippen LogP contribution >= 0.6 is 0 Å².